The van der Waals surface area contributed by atoms with Crippen molar-refractivity contribution in [3.63, 3.8) is 0 Å². The van der Waals surface area contributed by atoms with Gasteiger partial charge in [-0.25, -0.2) is 0 Å². The lowest BCUT2D eigenvalue weighted by molar-refractivity contribution is -0.161. The average Bonchev–Trinajstić information content (AvgIpc) is 3.17. The molecule has 0 aromatic rings. The summed E-state index contributed by atoms with van der Waals surface area (Å²) in [6, 6.07) is 0. The molecule has 1 atom stereocenters. The van der Waals surface area contributed by atoms with Gasteiger partial charge in [0.15, 0.2) is 6.10 Å². The van der Waals surface area contributed by atoms with Gasteiger partial charge in [-0.05, 0) is 96.3 Å². The van der Waals surface area contributed by atoms with Crippen LogP contribution in [0.15, 0.2) is 109 Å². The summed E-state index contributed by atoms with van der Waals surface area (Å²) in [4.78, 5) is 24.3. The number of carbonyl (C=O) groups excluding carboxylic acids is 2. The van der Waals surface area contributed by atoms with Crippen molar-refractivity contribution >= 4 is 11.9 Å². The Bertz CT molecular complexity index is 1120. The Balaban J connectivity index is 3.72. The minimum atomic E-state index is -0.813. The SMILES string of the molecule is CC/C=C\C/C=C\C/C=C\C/C=C\C/C=C\C/C=C\C/C=C\CCCC(=O)OC(CO)COC(=O)CCCCCCCCC/C=C\C/C=C\CCCCC. The topological polar surface area (TPSA) is 72.8 Å². The highest BCUT2D eigenvalue weighted by Crippen LogP contribution is 2.11. The molecule has 0 amide bonds. The third kappa shape index (κ3) is 41.3. The molecular weight excluding hydrogens is 669 g/mol. The summed E-state index contributed by atoms with van der Waals surface area (Å²) < 4.78 is 10.6. The molecule has 5 heteroatoms. The highest BCUT2D eigenvalue weighted by molar-refractivity contribution is 5.70. The zero-order valence-corrected chi connectivity index (χ0v) is 34.4. The number of carbonyl (C=O) groups is 2. The Labute approximate surface area is 331 Å². The average molecular weight is 747 g/mol. The van der Waals surface area contributed by atoms with Crippen LogP contribution in [0.3, 0.4) is 0 Å². The van der Waals surface area contributed by atoms with Gasteiger partial charge in [-0.2, -0.15) is 0 Å². The quantitative estimate of drug-likeness (QED) is 0.0389. The van der Waals surface area contributed by atoms with Crippen molar-refractivity contribution in [3.8, 4) is 0 Å². The van der Waals surface area contributed by atoms with Crippen molar-refractivity contribution in [2.75, 3.05) is 13.2 Å². The summed E-state index contributed by atoms with van der Waals surface area (Å²) in [6.45, 7) is 3.93. The van der Waals surface area contributed by atoms with Crippen molar-refractivity contribution in [2.24, 2.45) is 0 Å². The number of rotatable bonds is 37. The Morgan fingerprint density at radius 3 is 1.26 bits per heavy atom. The number of aliphatic hydroxyl groups excluding tert-OH is 1. The van der Waals surface area contributed by atoms with Crippen LogP contribution < -0.4 is 0 Å². The first kappa shape index (κ1) is 50.6. The summed E-state index contributed by atoms with van der Waals surface area (Å²) in [7, 11) is 0. The Morgan fingerprint density at radius 1 is 0.444 bits per heavy atom. The number of hydrogen-bond donors (Lipinski definition) is 1. The van der Waals surface area contributed by atoms with E-state index in [4.69, 9.17) is 9.47 Å². The fourth-order valence-corrected chi connectivity index (χ4v) is 5.34. The molecule has 0 aliphatic carbocycles. The molecule has 0 radical (unpaired) electrons. The van der Waals surface area contributed by atoms with Gasteiger partial charge in [0, 0.05) is 12.8 Å². The van der Waals surface area contributed by atoms with Crippen LogP contribution in [0.25, 0.3) is 0 Å². The number of unbranched alkanes of at least 4 members (excludes halogenated alkanes) is 11. The predicted octanol–water partition coefficient (Wildman–Crippen LogP) is 13.8. The number of ether oxygens (including phenoxy) is 2. The van der Waals surface area contributed by atoms with Gasteiger partial charge in [0.2, 0.25) is 0 Å². The van der Waals surface area contributed by atoms with E-state index in [0.717, 1.165) is 83.5 Å². The van der Waals surface area contributed by atoms with E-state index in [9.17, 15) is 14.7 Å². The maximum absolute atomic E-state index is 12.2. The Kier molecular flexibility index (Phi) is 41.2. The van der Waals surface area contributed by atoms with Crippen LogP contribution in [0.4, 0.5) is 0 Å². The van der Waals surface area contributed by atoms with Crippen LogP contribution in [0.5, 0.6) is 0 Å². The smallest absolute Gasteiger partial charge is 0.306 e. The molecule has 304 valence electrons. The van der Waals surface area contributed by atoms with Crippen molar-refractivity contribution in [1.82, 2.24) is 0 Å². The van der Waals surface area contributed by atoms with Gasteiger partial charge >= 0.3 is 11.9 Å². The fraction of sp³-hybridized carbons (Fsp3) is 0.592. The Morgan fingerprint density at radius 2 is 0.815 bits per heavy atom. The molecule has 0 spiro atoms. The maximum Gasteiger partial charge on any atom is 0.306 e. The summed E-state index contributed by atoms with van der Waals surface area (Å²) >= 11 is 0. The van der Waals surface area contributed by atoms with Crippen molar-refractivity contribution in [3.05, 3.63) is 109 Å². The first-order valence-corrected chi connectivity index (χ1v) is 21.4. The minimum absolute atomic E-state index is 0.101. The third-order valence-corrected chi connectivity index (χ3v) is 8.55. The minimum Gasteiger partial charge on any atom is -0.462 e. The molecule has 0 aromatic carbocycles. The predicted molar refractivity (Wildman–Crippen MR) is 232 cm³/mol. The molecule has 0 saturated carbocycles. The second-order valence-corrected chi connectivity index (χ2v) is 13.7. The van der Waals surface area contributed by atoms with E-state index in [1.165, 1.54) is 51.4 Å². The van der Waals surface area contributed by atoms with Gasteiger partial charge in [0.25, 0.3) is 0 Å². The molecule has 1 N–H and O–H groups in total. The van der Waals surface area contributed by atoms with E-state index < -0.39 is 6.10 Å². The van der Waals surface area contributed by atoms with Crippen molar-refractivity contribution in [2.45, 2.75) is 174 Å². The lowest BCUT2D eigenvalue weighted by atomic mass is 10.1. The highest BCUT2D eigenvalue weighted by atomic mass is 16.6. The van der Waals surface area contributed by atoms with Crippen LogP contribution in [0.1, 0.15) is 168 Å². The van der Waals surface area contributed by atoms with Gasteiger partial charge in [-0.1, -0.05) is 168 Å². The first-order valence-electron chi connectivity index (χ1n) is 21.4. The van der Waals surface area contributed by atoms with Gasteiger partial charge in [-0.3, -0.25) is 9.59 Å². The lowest BCUT2D eigenvalue weighted by Crippen LogP contribution is -2.28. The van der Waals surface area contributed by atoms with Crippen LogP contribution in [0.2, 0.25) is 0 Å². The largest absolute Gasteiger partial charge is 0.462 e. The lowest BCUT2D eigenvalue weighted by Gasteiger charge is -2.15. The monoisotopic (exact) mass is 747 g/mol. The van der Waals surface area contributed by atoms with Crippen LogP contribution >= 0.6 is 0 Å². The Hall–Kier alpha value is -3.44. The third-order valence-electron chi connectivity index (χ3n) is 8.55. The molecule has 0 aliphatic rings. The number of allylic oxidation sites excluding steroid dienone is 18. The second kappa shape index (κ2) is 44.0. The van der Waals surface area contributed by atoms with Gasteiger partial charge in [0.05, 0.1) is 6.61 Å². The standard InChI is InChI=1S/C49H78O5/c1-3-5-7-9-11-13-15-17-19-21-22-23-24-25-26-28-30-32-34-36-38-40-42-44-49(52)54-47(45-50)46-53-48(51)43-41-39-37-35-33-31-29-27-20-18-16-14-12-10-8-6-4-2/h5,7,11-14,17-20,22-23,25-26,30,32,36,38,47,50H,3-4,6,8-10,15-16,21,24,27-29,31,33-35,37,39-46H2,1-2H3/b7-5-,13-11-,14-12-,19-17-,20-18-,23-22-,26-25-,32-30-,38-36-. The fourth-order valence-electron chi connectivity index (χ4n) is 5.34. The summed E-state index contributed by atoms with van der Waals surface area (Å²) in [5.74, 6) is -0.680. The number of hydrogen-bond acceptors (Lipinski definition) is 5. The second-order valence-electron chi connectivity index (χ2n) is 13.7. The van der Waals surface area contributed by atoms with E-state index in [2.05, 4.69) is 123 Å². The van der Waals surface area contributed by atoms with Crippen LogP contribution in [-0.4, -0.2) is 36.4 Å². The molecule has 54 heavy (non-hydrogen) atoms. The van der Waals surface area contributed by atoms with E-state index >= 15 is 0 Å². The van der Waals surface area contributed by atoms with Crippen molar-refractivity contribution in [1.29, 1.82) is 0 Å². The van der Waals surface area contributed by atoms with Crippen molar-refractivity contribution < 1.29 is 24.2 Å². The van der Waals surface area contributed by atoms with E-state index in [1.54, 1.807) is 0 Å². The van der Waals surface area contributed by atoms with Crippen LogP contribution in [0, 0.1) is 0 Å². The number of aliphatic hydroxyl groups is 1. The molecule has 0 fully saturated rings. The zero-order chi connectivity index (χ0) is 39.3. The van der Waals surface area contributed by atoms with Gasteiger partial charge in [-0.15, -0.1) is 0 Å². The zero-order valence-electron chi connectivity index (χ0n) is 34.4. The van der Waals surface area contributed by atoms with Gasteiger partial charge < -0.3 is 14.6 Å². The van der Waals surface area contributed by atoms with Crippen LogP contribution in [-0.2, 0) is 19.1 Å². The molecule has 0 aliphatic heterocycles. The maximum atomic E-state index is 12.2. The molecule has 0 rings (SSSR count). The van der Waals surface area contributed by atoms with E-state index in [1.807, 2.05) is 0 Å². The normalized spacial score (nSPS) is 13.3. The summed E-state index contributed by atoms with van der Waals surface area (Å²) in [5, 5.41) is 9.57. The molecule has 1 unspecified atom stereocenters. The first-order chi connectivity index (χ1) is 26.6. The molecule has 0 aromatic heterocycles. The molecule has 0 saturated heterocycles. The van der Waals surface area contributed by atoms with E-state index in [0.29, 0.717) is 12.8 Å². The van der Waals surface area contributed by atoms with E-state index in [-0.39, 0.29) is 31.6 Å². The highest BCUT2D eigenvalue weighted by Gasteiger charge is 2.15. The molecule has 5 nitrogen and oxygen atoms in total. The van der Waals surface area contributed by atoms with Gasteiger partial charge in [0.1, 0.15) is 6.61 Å². The summed E-state index contributed by atoms with van der Waals surface area (Å²) in [6.07, 6.45) is 63.0. The molecule has 0 bridgehead atoms. The molecular formula is C49H78O5. The molecule has 0 heterocycles. The summed E-state index contributed by atoms with van der Waals surface area (Å²) in [5.41, 5.74) is 0. The number of esters is 2.